The fourth-order valence-electron chi connectivity index (χ4n) is 6.40. The summed E-state index contributed by atoms with van der Waals surface area (Å²) in [5.74, 6) is 0.895. The summed E-state index contributed by atoms with van der Waals surface area (Å²) in [5, 5.41) is 4.77. The molecule has 4 heterocycles. The highest BCUT2D eigenvalue weighted by molar-refractivity contribution is 6.32. The number of anilines is 3. The van der Waals surface area contributed by atoms with Crippen molar-refractivity contribution >= 4 is 39.7 Å². The maximum absolute atomic E-state index is 13.5. The van der Waals surface area contributed by atoms with Crippen LogP contribution in [0.2, 0.25) is 5.02 Å². The van der Waals surface area contributed by atoms with E-state index in [4.69, 9.17) is 25.8 Å². The fourth-order valence-corrected chi connectivity index (χ4v) is 6.63. The van der Waals surface area contributed by atoms with Gasteiger partial charge in [-0.1, -0.05) is 23.7 Å². The fraction of sp³-hybridized carbons (Fsp3) is 0.353. The molecule has 3 aliphatic heterocycles. The van der Waals surface area contributed by atoms with Gasteiger partial charge in [-0.3, -0.25) is 4.90 Å². The Kier molecular flexibility index (Phi) is 8.46. The predicted octanol–water partition coefficient (Wildman–Crippen LogP) is 5.83. The second kappa shape index (κ2) is 12.8. The molecule has 0 saturated carbocycles. The Morgan fingerprint density at radius 1 is 0.956 bits per heavy atom. The van der Waals surface area contributed by atoms with E-state index < -0.39 is 0 Å². The van der Waals surface area contributed by atoms with Gasteiger partial charge in [-0.05, 0) is 61.0 Å². The molecule has 0 bridgehead atoms. The standard InChI is InChI=1S/C34H36ClFN6O3/c1-34(42-11-15-44-16-12-42)22-41(20-32(34)40-9-13-43-14-10-40)27-6-7-30-28(19-27)33(38-23-37-30)39-26-5-8-31(29(35)18-26)45-21-24-3-2-4-25(36)17-24/h2-8,17-20,23H,9-16,21-22H2,1H3,(H,37,38,39). The number of morpholine rings is 2. The third-order valence-electron chi connectivity index (χ3n) is 8.80. The van der Waals surface area contributed by atoms with Gasteiger partial charge in [0, 0.05) is 55.7 Å². The molecule has 11 heteroatoms. The zero-order valence-corrected chi connectivity index (χ0v) is 26.0. The van der Waals surface area contributed by atoms with Gasteiger partial charge in [0.15, 0.2) is 0 Å². The van der Waals surface area contributed by atoms with E-state index in [1.807, 2.05) is 18.2 Å². The van der Waals surface area contributed by atoms with Crippen LogP contribution in [0.1, 0.15) is 12.5 Å². The summed E-state index contributed by atoms with van der Waals surface area (Å²) in [6.07, 6.45) is 3.87. The van der Waals surface area contributed by atoms with Crippen molar-refractivity contribution in [1.82, 2.24) is 19.8 Å². The topological polar surface area (TPSA) is 75.2 Å². The number of aromatic nitrogens is 2. The van der Waals surface area contributed by atoms with Gasteiger partial charge in [0.1, 0.15) is 30.3 Å². The number of hydrogen-bond acceptors (Lipinski definition) is 9. The maximum atomic E-state index is 13.5. The third kappa shape index (κ3) is 6.28. The van der Waals surface area contributed by atoms with Crippen molar-refractivity contribution in [3.8, 4) is 5.75 Å². The molecule has 3 aliphatic rings. The third-order valence-corrected chi connectivity index (χ3v) is 9.09. The highest BCUT2D eigenvalue weighted by atomic mass is 35.5. The van der Waals surface area contributed by atoms with Crippen LogP contribution in [0, 0.1) is 5.82 Å². The van der Waals surface area contributed by atoms with Gasteiger partial charge in [0.2, 0.25) is 0 Å². The van der Waals surface area contributed by atoms with Gasteiger partial charge in [-0.25, -0.2) is 14.4 Å². The molecule has 1 atom stereocenters. The molecule has 0 aliphatic carbocycles. The highest BCUT2D eigenvalue weighted by Gasteiger charge is 2.45. The Bertz CT molecular complexity index is 1710. The summed E-state index contributed by atoms with van der Waals surface area (Å²) in [6.45, 7) is 9.95. The van der Waals surface area contributed by atoms with E-state index in [-0.39, 0.29) is 18.0 Å². The van der Waals surface area contributed by atoms with Crippen LogP contribution in [0.4, 0.5) is 21.6 Å². The van der Waals surface area contributed by atoms with E-state index in [0.717, 1.165) is 87.0 Å². The van der Waals surface area contributed by atoms with Crippen molar-refractivity contribution in [1.29, 1.82) is 0 Å². The van der Waals surface area contributed by atoms with Crippen LogP contribution in [0.15, 0.2) is 78.9 Å². The SMILES string of the molecule is CC1(N2CCOCC2)CN(c2ccc3ncnc(Nc4ccc(OCc5cccc(F)c5)c(Cl)c4)c3c2)C=C1N1CCOCC1. The van der Waals surface area contributed by atoms with Crippen molar-refractivity contribution in [2.75, 3.05) is 69.4 Å². The van der Waals surface area contributed by atoms with E-state index in [2.05, 4.69) is 55.2 Å². The Morgan fingerprint density at radius 2 is 1.76 bits per heavy atom. The van der Waals surface area contributed by atoms with Crippen LogP contribution in [0.25, 0.3) is 10.9 Å². The van der Waals surface area contributed by atoms with Gasteiger partial charge in [-0.2, -0.15) is 0 Å². The molecular weight excluding hydrogens is 595 g/mol. The molecule has 45 heavy (non-hydrogen) atoms. The van der Waals surface area contributed by atoms with Gasteiger partial charge < -0.3 is 29.3 Å². The largest absolute Gasteiger partial charge is 0.487 e. The Labute approximate surface area is 267 Å². The van der Waals surface area contributed by atoms with Crippen molar-refractivity contribution in [3.63, 3.8) is 0 Å². The minimum Gasteiger partial charge on any atom is -0.487 e. The predicted molar refractivity (Wildman–Crippen MR) is 174 cm³/mol. The number of nitrogens with zero attached hydrogens (tertiary/aromatic N) is 5. The molecule has 9 nitrogen and oxygen atoms in total. The molecule has 2 fully saturated rings. The monoisotopic (exact) mass is 630 g/mol. The lowest BCUT2D eigenvalue weighted by atomic mass is 9.95. The number of benzene rings is 3. The van der Waals surface area contributed by atoms with E-state index in [1.165, 1.54) is 17.8 Å². The maximum Gasteiger partial charge on any atom is 0.141 e. The smallest absolute Gasteiger partial charge is 0.141 e. The second-order valence-corrected chi connectivity index (χ2v) is 12.1. The lowest BCUT2D eigenvalue weighted by molar-refractivity contribution is -0.0156. The first kappa shape index (κ1) is 29.7. The lowest BCUT2D eigenvalue weighted by Crippen LogP contribution is -2.58. The van der Waals surface area contributed by atoms with Gasteiger partial charge in [-0.15, -0.1) is 0 Å². The van der Waals surface area contributed by atoms with E-state index >= 15 is 0 Å². The zero-order valence-electron chi connectivity index (χ0n) is 25.2. The molecule has 1 unspecified atom stereocenters. The molecule has 0 spiro atoms. The van der Waals surface area contributed by atoms with Crippen molar-refractivity contribution in [3.05, 3.63) is 95.3 Å². The normalized spacial score (nSPS) is 20.8. The van der Waals surface area contributed by atoms with E-state index in [9.17, 15) is 4.39 Å². The first-order valence-corrected chi connectivity index (χ1v) is 15.7. The van der Waals surface area contributed by atoms with Crippen LogP contribution in [0.3, 0.4) is 0 Å². The molecular formula is C34H36ClFN6O3. The first-order valence-electron chi connectivity index (χ1n) is 15.3. The average molecular weight is 631 g/mol. The molecule has 0 amide bonds. The average Bonchev–Trinajstić information content (AvgIpc) is 3.44. The van der Waals surface area contributed by atoms with E-state index in [1.54, 1.807) is 24.5 Å². The molecule has 2 saturated heterocycles. The lowest BCUT2D eigenvalue weighted by Gasteiger charge is -2.46. The molecule has 1 aromatic heterocycles. The molecule has 234 valence electrons. The Morgan fingerprint density at radius 3 is 2.53 bits per heavy atom. The van der Waals surface area contributed by atoms with Crippen LogP contribution in [-0.4, -0.2) is 84.5 Å². The number of fused-ring (bicyclic) bond motifs is 1. The number of halogens is 2. The summed E-state index contributed by atoms with van der Waals surface area (Å²) >= 11 is 6.58. The second-order valence-electron chi connectivity index (χ2n) is 11.7. The molecule has 7 rings (SSSR count). The van der Waals surface area contributed by atoms with Gasteiger partial charge >= 0.3 is 0 Å². The van der Waals surface area contributed by atoms with Crippen molar-refractivity contribution < 1.29 is 18.6 Å². The number of hydrogen-bond donors (Lipinski definition) is 1. The summed E-state index contributed by atoms with van der Waals surface area (Å²) in [7, 11) is 0. The number of rotatable bonds is 8. The molecule has 1 N–H and O–H groups in total. The summed E-state index contributed by atoms with van der Waals surface area (Å²) in [5.41, 5.74) is 4.57. The van der Waals surface area contributed by atoms with Crippen LogP contribution in [0.5, 0.6) is 5.75 Å². The van der Waals surface area contributed by atoms with Crippen molar-refractivity contribution in [2.45, 2.75) is 19.1 Å². The first-order chi connectivity index (χ1) is 22.0. The minimum absolute atomic E-state index is 0.153. The van der Waals surface area contributed by atoms with Gasteiger partial charge in [0.25, 0.3) is 0 Å². The minimum atomic E-state index is -0.300. The highest BCUT2D eigenvalue weighted by Crippen LogP contribution is 2.39. The van der Waals surface area contributed by atoms with Crippen LogP contribution < -0.4 is 15.0 Å². The van der Waals surface area contributed by atoms with Crippen molar-refractivity contribution in [2.24, 2.45) is 0 Å². The summed E-state index contributed by atoms with van der Waals surface area (Å²) in [4.78, 5) is 16.5. The Hall–Kier alpha value is -3.96. The molecule has 0 radical (unpaired) electrons. The Balaban J connectivity index is 1.13. The summed E-state index contributed by atoms with van der Waals surface area (Å²) in [6, 6.07) is 18.1. The van der Waals surface area contributed by atoms with E-state index in [0.29, 0.717) is 16.6 Å². The van der Waals surface area contributed by atoms with Crippen LogP contribution in [-0.2, 0) is 16.1 Å². The molecule has 4 aromatic rings. The summed E-state index contributed by atoms with van der Waals surface area (Å²) < 4.78 is 30.8. The molecule has 3 aromatic carbocycles. The van der Waals surface area contributed by atoms with Gasteiger partial charge in [0.05, 0.1) is 48.2 Å². The number of nitrogens with one attached hydrogen (secondary N) is 1. The zero-order chi connectivity index (χ0) is 30.8. The quantitative estimate of drug-likeness (QED) is 0.259. The number of ether oxygens (including phenoxy) is 3. The van der Waals surface area contributed by atoms with Crippen LogP contribution >= 0.6 is 11.6 Å².